The van der Waals surface area contributed by atoms with Crippen LogP contribution in [0.15, 0.2) is 54.6 Å². The summed E-state index contributed by atoms with van der Waals surface area (Å²) in [5.74, 6) is -0.0857. The maximum absolute atomic E-state index is 13.8. The Bertz CT molecular complexity index is 1470. The summed E-state index contributed by atoms with van der Waals surface area (Å²) in [5.41, 5.74) is 4.40. The molecule has 3 aromatic rings. The van der Waals surface area contributed by atoms with Gasteiger partial charge in [0.2, 0.25) is 10.0 Å². The summed E-state index contributed by atoms with van der Waals surface area (Å²) in [4.78, 5) is 17.9. The van der Waals surface area contributed by atoms with Crippen LogP contribution in [0.1, 0.15) is 45.9 Å². The molecule has 0 aromatic heterocycles. The number of rotatable bonds is 6. The smallest absolute Gasteiger partial charge is 0.254 e. The lowest BCUT2D eigenvalue weighted by Gasteiger charge is -2.43. The van der Waals surface area contributed by atoms with Crippen LogP contribution in [-0.2, 0) is 10.0 Å². The number of carbonyl (C=O) groups excluding carboxylic acids is 1. The van der Waals surface area contributed by atoms with E-state index in [1.807, 2.05) is 55.1 Å². The molecule has 5 rings (SSSR count). The van der Waals surface area contributed by atoms with Crippen molar-refractivity contribution in [3.63, 3.8) is 0 Å². The van der Waals surface area contributed by atoms with Crippen LogP contribution in [0.25, 0.3) is 0 Å². The molecule has 1 aliphatic heterocycles. The highest BCUT2D eigenvalue weighted by Gasteiger charge is 2.36. The summed E-state index contributed by atoms with van der Waals surface area (Å²) in [6, 6.07) is 16.4. The number of carbonyl (C=O) groups is 1. The minimum atomic E-state index is -3.39. The molecule has 1 atom stereocenters. The van der Waals surface area contributed by atoms with Crippen LogP contribution in [-0.4, -0.2) is 44.1 Å². The van der Waals surface area contributed by atoms with Crippen LogP contribution in [0.3, 0.4) is 0 Å². The number of amides is 1. The van der Waals surface area contributed by atoms with Crippen molar-refractivity contribution < 1.29 is 13.2 Å². The molecule has 3 aromatic carbocycles. The predicted octanol–water partition coefficient (Wildman–Crippen LogP) is 6.87. The van der Waals surface area contributed by atoms with Gasteiger partial charge in [0.25, 0.3) is 5.91 Å². The maximum atomic E-state index is 13.8. The molecule has 0 unspecified atom stereocenters. The van der Waals surface area contributed by atoms with E-state index >= 15 is 0 Å². The molecule has 0 bridgehead atoms. The van der Waals surface area contributed by atoms with Crippen LogP contribution >= 0.6 is 34.8 Å². The number of halogens is 3. The molecule has 200 valence electrons. The second-order valence-corrected chi connectivity index (χ2v) is 13.2. The van der Waals surface area contributed by atoms with E-state index < -0.39 is 10.0 Å². The van der Waals surface area contributed by atoms with Crippen molar-refractivity contribution in [2.45, 2.75) is 38.0 Å². The van der Waals surface area contributed by atoms with E-state index in [1.165, 1.54) is 0 Å². The molecule has 1 heterocycles. The van der Waals surface area contributed by atoms with E-state index in [9.17, 15) is 13.2 Å². The van der Waals surface area contributed by atoms with Gasteiger partial charge in [-0.05, 0) is 85.8 Å². The summed E-state index contributed by atoms with van der Waals surface area (Å²) in [6.45, 7) is 5.19. The van der Waals surface area contributed by atoms with Crippen molar-refractivity contribution in [1.82, 2.24) is 4.90 Å². The van der Waals surface area contributed by atoms with E-state index in [4.69, 9.17) is 34.8 Å². The van der Waals surface area contributed by atoms with Gasteiger partial charge in [-0.25, -0.2) is 8.42 Å². The Balaban J connectivity index is 1.43. The zero-order chi connectivity index (χ0) is 27.2. The minimum absolute atomic E-state index is 0.0857. The molecule has 10 heteroatoms. The number of anilines is 2. The molecule has 0 spiro atoms. The fourth-order valence-corrected chi connectivity index (χ4v) is 7.10. The summed E-state index contributed by atoms with van der Waals surface area (Å²) in [6.07, 6.45) is 1.37. The van der Waals surface area contributed by atoms with Gasteiger partial charge in [-0.2, -0.15) is 0 Å². The van der Waals surface area contributed by atoms with Gasteiger partial charge in [0.05, 0.1) is 22.0 Å². The molecular weight excluding hydrogens is 565 g/mol. The van der Waals surface area contributed by atoms with Gasteiger partial charge >= 0.3 is 0 Å². The standard InChI is InChI=1S/C28H28Cl3N3O3S/c1-17-13-22(32-38(36,37)23-8-9-23)14-18(2)27(17)28(35)33-11-12-34(25-10-7-21(30)15-24(25)31)26(16-33)19-3-5-20(29)6-4-19/h3-7,10,13-15,23,26,32H,8-9,11-12,16H2,1-2H3/t26-/m0/s1. The summed E-state index contributed by atoms with van der Waals surface area (Å²) in [7, 11) is -3.39. The average molecular weight is 593 g/mol. The number of piperazine rings is 1. The largest absolute Gasteiger partial charge is 0.360 e. The van der Waals surface area contributed by atoms with E-state index in [2.05, 4.69) is 9.62 Å². The molecule has 2 aliphatic rings. The molecule has 1 saturated heterocycles. The van der Waals surface area contributed by atoms with Crippen molar-refractivity contribution in [1.29, 1.82) is 0 Å². The number of nitrogens with zero attached hydrogens (tertiary/aromatic N) is 2. The Morgan fingerprint density at radius 2 is 1.53 bits per heavy atom. The number of aryl methyl sites for hydroxylation is 2. The SMILES string of the molecule is Cc1cc(NS(=O)(=O)C2CC2)cc(C)c1C(=O)N1CCN(c2ccc(Cl)cc2Cl)[C@H](c2ccc(Cl)cc2)C1. The molecule has 1 aliphatic carbocycles. The highest BCUT2D eigenvalue weighted by Crippen LogP contribution is 2.38. The van der Waals surface area contributed by atoms with E-state index in [0.717, 1.165) is 22.4 Å². The first kappa shape index (κ1) is 27.1. The number of sulfonamides is 1. The van der Waals surface area contributed by atoms with Gasteiger partial charge < -0.3 is 9.80 Å². The van der Waals surface area contributed by atoms with Crippen LogP contribution in [0.4, 0.5) is 11.4 Å². The van der Waals surface area contributed by atoms with Crippen molar-refractivity contribution in [3.8, 4) is 0 Å². The lowest BCUT2D eigenvalue weighted by molar-refractivity contribution is 0.0720. The normalized spacial score (nSPS) is 18.0. The first-order valence-electron chi connectivity index (χ1n) is 12.4. The Morgan fingerprint density at radius 3 is 2.13 bits per heavy atom. The Kier molecular flexibility index (Phi) is 7.57. The van der Waals surface area contributed by atoms with Crippen molar-refractivity contribution in [2.24, 2.45) is 0 Å². The summed E-state index contributed by atoms with van der Waals surface area (Å²) in [5, 5.41) is 1.42. The number of benzene rings is 3. The molecule has 0 radical (unpaired) electrons. The van der Waals surface area contributed by atoms with E-state index in [-0.39, 0.29) is 17.2 Å². The van der Waals surface area contributed by atoms with Crippen LogP contribution in [0.2, 0.25) is 15.1 Å². The van der Waals surface area contributed by atoms with Crippen LogP contribution in [0.5, 0.6) is 0 Å². The number of nitrogens with one attached hydrogen (secondary N) is 1. The van der Waals surface area contributed by atoms with E-state index in [1.54, 1.807) is 18.2 Å². The molecule has 1 amide bonds. The molecule has 1 N–H and O–H groups in total. The van der Waals surface area contributed by atoms with Gasteiger partial charge in [0.15, 0.2) is 0 Å². The van der Waals surface area contributed by atoms with Crippen molar-refractivity contribution in [3.05, 3.63) is 91.9 Å². The second-order valence-electron chi connectivity index (χ2n) is 9.94. The fourth-order valence-electron chi connectivity index (χ4n) is 5.08. The fraction of sp³-hybridized carbons (Fsp3) is 0.321. The third-order valence-corrected chi connectivity index (χ3v) is 9.77. The monoisotopic (exact) mass is 591 g/mol. The third-order valence-electron chi connectivity index (χ3n) is 7.11. The molecule has 6 nitrogen and oxygen atoms in total. The first-order chi connectivity index (χ1) is 18.0. The first-order valence-corrected chi connectivity index (χ1v) is 15.1. The van der Waals surface area contributed by atoms with Crippen LogP contribution in [0, 0.1) is 13.8 Å². The molecule has 38 heavy (non-hydrogen) atoms. The van der Waals surface area contributed by atoms with Gasteiger partial charge in [-0.3, -0.25) is 9.52 Å². The molecular formula is C28H28Cl3N3O3S. The van der Waals surface area contributed by atoms with Gasteiger partial charge in [-0.1, -0.05) is 46.9 Å². The Labute approximate surface area is 238 Å². The molecule has 2 fully saturated rings. The lowest BCUT2D eigenvalue weighted by Crippen LogP contribution is -2.51. The third kappa shape index (κ3) is 5.62. The highest BCUT2D eigenvalue weighted by atomic mass is 35.5. The zero-order valence-corrected chi connectivity index (χ0v) is 24.1. The predicted molar refractivity (Wildman–Crippen MR) is 155 cm³/mol. The summed E-state index contributed by atoms with van der Waals surface area (Å²) >= 11 is 18.9. The van der Waals surface area contributed by atoms with Crippen molar-refractivity contribution in [2.75, 3.05) is 29.3 Å². The quantitative estimate of drug-likeness (QED) is 0.339. The van der Waals surface area contributed by atoms with Gasteiger partial charge in [0, 0.05) is 40.9 Å². The second kappa shape index (κ2) is 10.6. The topological polar surface area (TPSA) is 69.7 Å². The lowest BCUT2D eigenvalue weighted by atomic mass is 9.97. The Morgan fingerprint density at radius 1 is 0.895 bits per heavy atom. The van der Waals surface area contributed by atoms with Crippen molar-refractivity contribution >= 4 is 62.1 Å². The molecule has 1 saturated carbocycles. The highest BCUT2D eigenvalue weighted by molar-refractivity contribution is 7.93. The summed E-state index contributed by atoms with van der Waals surface area (Å²) < 4.78 is 27.5. The van der Waals surface area contributed by atoms with E-state index in [0.29, 0.717) is 58.8 Å². The minimum Gasteiger partial charge on any atom is -0.360 e. The zero-order valence-electron chi connectivity index (χ0n) is 21.0. The van der Waals surface area contributed by atoms with Crippen LogP contribution < -0.4 is 9.62 Å². The van der Waals surface area contributed by atoms with Gasteiger partial charge in [-0.15, -0.1) is 0 Å². The number of hydrogen-bond donors (Lipinski definition) is 1. The number of hydrogen-bond acceptors (Lipinski definition) is 4. The maximum Gasteiger partial charge on any atom is 0.254 e. The average Bonchev–Trinajstić information content (AvgIpc) is 3.70. The van der Waals surface area contributed by atoms with Gasteiger partial charge in [0.1, 0.15) is 0 Å². The Hall–Kier alpha value is -2.45.